The van der Waals surface area contributed by atoms with Gasteiger partial charge in [0, 0.05) is 35.7 Å². The molecule has 0 fully saturated rings. The van der Waals surface area contributed by atoms with E-state index in [-0.39, 0.29) is 5.69 Å². The van der Waals surface area contributed by atoms with E-state index < -0.39 is 0 Å². The van der Waals surface area contributed by atoms with Crippen molar-refractivity contribution >= 4 is 17.0 Å². The molecule has 0 aliphatic heterocycles. The van der Waals surface area contributed by atoms with Crippen LogP contribution in [0.2, 0.25) is 0 Å². The molecule has 0 radical (unpaired) electrons. The number of benzene rings is 1. The summed E-state index contributed by atoms with van der Waals surface area (Å²) in [5, 5.41) is 4.34. The van der Waals surface area contributed by atoms with E-state index in [0.29, 0.717) is 11.6 Å². The average molecular weight is 389 g/mol. The molecular formula is C21H23N7O. The Kier molecular flexibility index (Phi) is 5.35. The number of aryl methyl sites for hydroxylation is 2. The molecule has 3 heterocycles. The van der Waals surface area contributed by atoms with Crippen LogP contribution in [-0.2, 0) is 13.0 Å². The van der Waals surface area contributed by atoms with Gasteiger partial charge in [0.05, 0.1) is 5.69 Å². The van der Waals surface area contributed by atoms with E-state index >= 15 is 0 Å². The molecule has 8 heteroatoms. The fraction of sp³-hybridized carbons (Fsp3) is 0.238. The number of H-pyrrole nitrogens is 1. The molecule has 0 atom stereocenters. The first kappa shape index (κ1) is 18.8. The Morgan fingerprint density at radius 3 is 2.79 bits per heavy atom. The van der Waals surface area contributed by atoms with Gasteiger partial charge in [-0.15, -0.1) is 0 Å². The number of hydrogen-bond donors (Lipinski definition) is 3. The standard InChI is InChI=1S/C21H23N7O/c1-14-11-16-13-28(21(29)27-19(16)25-14)18-6-4-15(5-7-18)12-23-9-2-3-17-8-10-24-20(22)26-17/h4-8,10-11,13,23H,2-3,9,12H2,1H3,(H2,22,24,26)(H,25,27,29). The minimum absolute atomic E-state index is 0.296. The monoisotopic (exact) mass is 389 g/mol. The van der Waals surface area contributed by atoms with Crippen LogP contribution in [0.1, 0.15) is 23.4 Å². The van der Waals surface area contributed by atoms with Gasteiger partial charge in [-0.1, -0.05) is 12.1 Å². The highest BCUT2D eigenvalue weighted by Gasteiger charge is 2.06. The van der Waals surface area contributed by atoms with Gasteiger partial charge < -0.3 is 16.0 Å². The number of hydrogen-bond acceptors (Lipinski definition) is 6. The minimum atomic E-state index is -0.296. The Morgan fingerprint density at radius 1 is 1.17 bits per heavy atom. The van der Waals surface area contributed by atoms with Crippen molar-refractivity contribution in [2.75, 3.05) is 12.3 Å². The fourth-order valence-electron chi connectivity index (χ4n) is 3.27. The highest BCUT2D eigenvalue weighted by atomic mass is 16.1. The topological polar surface area (TPSA) is 115 Å². The second kappa shape index (κ2) is 8.24. The van der Waals surface area contributed by atoms with E-state index in [2.05, 4.69) is 25.3 Å². The van der Waals surface area contributed by atoms with Crippen molar-refractivity contribution in [3.8, 4) is 5.69 Å². The van der Waals surface area contributed by atoms with E-state index in [4.69, 9.17) is 5.73 Å². The van der Waals surface area contributed by atoms with Crippen molar-refractivity contribution in [2.45, 2.75) is 26.3 Å². The van der Waals surface area contributed by atoms with Gasteiger partial charge in [-0.25, -0.2) is 14.8 Å². The van der Waals surface area contributed by atoms with Gasteiger partial charge in [0.15, 0.2) is 0 Å². The molecule has 4 aromatic rings. The summed E-state index contributed by atoms with van der Waals surface area (Å²) in [5.74, 6) is 0.315. The molecule has 0 aliphatic carbocycles. The van der Waals surface area contributed by atoms with Crippen LogP contribution >= 0.6 is 0 Å². The van der Waals surface area contributed by atoms with Crippen LogP contribution < -0.4 is 16.7 Å². The molecule has 4 rings (SSSR count). The van der Waals surface area contributed by atoms with Crippen LogP contribution in [-0.4, -0.2) is 31.0 Å². The molecule has 0 bridgehead atoms. The number of aromatic nitrogens is 5. The quantitative estimate of drug-likeness (QED) is 0.417. The fourth-order valence-corrected chi connectivity index (χ4v) is 3.27. The van der Waals surface area contributed by atoms with Gasteiger partial charge in [0.1, 0.15) is 5.65 Å². The van der Waals surface area contributed by atoms with E-state index in [1.165, 1.54) is 0 Å². The molecule has 29 heavy (non-hydrogen) atoms. The first-order valence-corrected chi connectivity index (χ1v) is 9.55. The zero-order chi connectivity index (χ0) is 20.2. The SMILES string of the molecule is Cc1cc2cn(-c3ccc(CNCCCc4ccnc(N)n4)cc3)c(=O)nc2[nH]1. The maximum atomic E-state index is 12.3. The molecule has 0 aliphatic rings. The molecule has 148 valence electrons. The Bertz CT molecular complexity index is 1180. The first-order valence-electron chi connectivity index (χ1n) is 9.55. The van der Waals surface area contributed by atoms with Crippen LogP contribution in [0.25, 0.3) is 16.7 Å². The van der Waals surface area contributed by atoms with Gasteiger partial charge in [-0.3, -0.25) is 4.57 Å². The molecule has 4 N–H and O–H groups in total. The lowest BCUT2D eigenvalue weighted by Crippen LogP contribution is -2.20. The van der Waals surface area contributed by atoms with Crippen molar-refractivity contribution in [1.29, 1.82) is 0 Å². The van der Waals surface area contributed by atoms with Gasteiger partial charge in [0.2, 0.25) is 5.95 Å². The van der Waals surface area contributed by atoms with Crippen LogP contribution in [0.15, 0.2) is 53.6 Å². The minimum Gasteiger partial charge on any atom is -0.368 e. The average Bonchev–Trinajstić information content (AvgIpc) is 3.06. The maximum absolute atomic E-state index is 12.3. The Labute approximate surface area is 167 Å². The lowest BCUT2D eigenvalue weighted by molar-refractivity contribution is 0.644. The van der Waals surface area contributed by atoms with Crippen LogP contribution in [0.4, 0.5) is 5.95 Å². The van der Waals surface area contributed by atoms with Crippen molar-refractivity contribution < 1.29 is 0 Å². The zero-order valence-corrected chi connectivity index (χ0v) is 16.2. The van der Waals surface area contributed by atoms with Crippen molar-refractivity contribution in [1.82, 2.24) is 29.8 Å². The number of anilines is 1. The largest absolute Gasteiger partial charge is 0.368 e. The number of fused-ring (bicyclic) bond motifs is 1. The third-order valence-electron chi connectivity index (χ3n) is 4.70. The summed E-state index contributed by atoms with van der Waals surface area (Å²) in [6.07, 6.45) is 5.32. The second-order valence-electron chi connectivity index (χ2n) is 7.00. The van der Waals surface area contributed by atoms with Gasteiger partial charge >= 0.3 is 5.69 Å². The summed E-state index contributed by atoms with van der Waals surface area (Å²) >= 11 is 0. The number of nitrogens with two attached hydrogens (primary N) is 1. The van der Waals surface area contributed by atoms with E-state index in [1.807, 2.05) is 49.5 Å². The summed E-state index contributed by atoms with van der Waals surface area (Å²) in [5.41, 5.74) is 9.80. The lowest BCUT2D eigenvalue weighted by atomic mass is 10.2. The Morgan fingerprint density at radius 2 is 2.00 bits per heavy atom. The first-order chi connectivity index (χ1) is 14.1. The molecular weight excluding hydrogens is 366 g/mol. The number of nitrogens with zero attached hydrogens (tertiary/aromatic N) is 4. The number of nitrogen functional groups attached to an aromatic ring is 1. The molecule has 0 amide bonds. The highest BCUT2D eigenvalue weighted by molar-refractivity contribution is 5.75. The lowest BCUT2D eigenvalue weighted by Gasteiger charge is -2.08. The number of rotatable bonds is 7. The van der Waals surface area contributed by atoms with E-state index in [9.17, 15) is 4.79 Å². The van der Waals surface area contributed by atoms with Crippen LogP contribution in [0, 0.1) is 6.92 Å². The molecule has 0 spiro atoms. The predicted octanol–water partition coefficient (Wildman–Crippen LogP) is 2.12. The molecule has 0 saturated carbocycles. The molecule has 3 aromatic heterocycles. The Hall–Kier alpha value is -3.52. The summed E-state index contributed by atoms with van der Waals surface area (Å²) < 4.78 is 1.57. The highest BCUT2D eigenvalue weighted by Crippen LogP contribution is 2.13. The van der Waals surface area contributed by atoms with Crippen molar-refractivity contribution in [2.24, 2.45) is 0 Å². The molecule has 8 nitrogen and oxygen atoms in total. The number of aromatic amines is 1. The van der Waals surface area contributed by atoms with E-state index in [1.54, 1.807) is 10.8 Å². The van der Waals surface area contributed by atoms with Crippen molar-refractivity contribution in [3.05, 3.63) is 76.2 Å². The third kappa shape index (κ3) is 4.49. The van der Waals surface area contributed by atoms with Crippen LogP contribution in [0.5, 0.6) is 0 Å². The summed E-state index contributed by atoms with van der Waals surface area (Å²) in [4.78, 5) is 27.6. The Balaban J connectivity index is 1.33. The molecule has 0 unspecified atom stereocenters. The summed E-state index contributed by atoms with van der Waals surface area (Å²) in [7, 11) is 0. The van der Waals surface area contributed by atoms with Crippen LogP contribution in [0.3, 0.4) is 0 Å². The number of nitrogens with one attached hydrogen (secondary N) is 2. The third-order valence-corrected chi connectivity index (χ3v) is 4.70. The zero-order valence-electron chi connectivity index (χ0n) is 16.2. The van der Waals surface area contributed by atoms with Gasteiger partial charge in [-0.05, 0) is 56.1 Å². The van der Waals surface area contributed by atoms with E-state index in [0.717, 1.165) is 54.0 Å². The smallest absolute Gasteiger partial charge is 0.354 e. The normalized spacial score (nSPS) is 11.2. The second-order valence-corrected chi connectivity index (χ2v) is 7.00. The summed E-state index contributed by atoms with van der Waals surface area (Å²) in [6.45, 7) is 3.58. The van der Waals surface area contributed by atoms with Gasteiger partial charge in [-0.2, -0.15) is 4.98 Å². The molecule has 0 saturated heterocycles. The van der Waals surface area contributed by atoms with Gasteiger partial charge in [0.25, 0.3) is 0 Å². The predicted molar refractivity (Wildman–Crippen MR) is 113 cm³/mol. The van der Waals surface area contributed by atoms with Crippen molar-refractivity contribution in [3.63, 3.8) is 0 Å². The summed E-state index contributed by atoms with van der Waals surface area (Å²) in [6, 6.07) is 11.8. The maximum Gasteiger partial charge on any atom is 0.354 e. The molecule has 1 aromatic carbocycles.